The van der Waals surface area contributed by atoms with Gasteiger partial charge < -0.3 is 0 Å². The Morgan fingerprint density at radius 3 is 2.72 bits per heavy atom. The van der Waals surface area contributed by atoms with Gasteiger partial charge in [-0.25, -0.2) is 13.1 Å². The second kappa shape index (κ2) is 7.77. The first-order chi connectivity index (χ1) is 8.53. The van der Waals surface area contributed by atoms with Gasteiger partial charge in [-0.15, -0.1) is 11.6 Å². The molecule has 102 valence electrons. The summed E-state index contributed by atoms with van der Waals surface area (Å²) in [7, 11) is -3.14. The fraction of sp³-hybridized carbons (Fsp3) is 0.538. The fourth-order valence-electron chi connectivity index (χ4n) is 1.68. The lowest BCUT2D eigenvalue weighted by molar-refractivity contribution is 0.578. The highest BCUT2D eigenvalue weighted by Gasteiger charge is 2.08. The van der Waals surface area contributed by atoms with Crippen LogP contribution in [-0.4, -0.2) is 26.6 Å². The molecular weight excluding hydrogens is 270 g/mol. The van der Waals surface area contributed by atoms with Crippen LogP contribution in [0.1, 0.15) is 24.0 Å². The summed E-state index contributed by atoms with van der Waals surface area (Å²) in [4.78, 5) is 0. The van der Waals surface area contributed by atoms with Crippen molar-refractivity contribution in [3.05, 3.63) is 35.4 Å². The Bertz CT molecular complexity index is 460. The van der Waals surface area contributed by atoms with Crippen LogP contribution in [0, 0.1) is 6.92 Å². The highest BCUT2D eigenvalue weighted by molar-refractivity contribution is 7.89. The third-order valence-electron chi connectivity index (χ3n) is 2.61. The van der Waals surface area contributed by atoms with Crippen molar-refractivity contribution in [3.8, 4) is 0 Å². The Hall–Kier alpha value is -0.580. The van der Waals surface area contributed by atoms with E-state index < -0.39 is 10.0 Å². The van der Waals surface area contributed by atoms with E-state index in [1.165, 1.54) is 5.56 Å². The molecule has 0 fully saturated rings. The largest absolute Gasteiger partial charge is 0.215 e. The van der Waals surface area contributed by atoms with Crippen LogP contribution < -0.4 is 4.72 Å². The molecule has 0 amide bonds. The molecular formula is C13H20ClNO2S. The van der Waals surface area contributed by atoms with Crippen LogP contribution >= 0.6 is 11.6 Å². The third-order valence-corrected chi connectivity index (χ3v) is 4.35. The molecule has 0 aromatic heterocycles. The minimum Gasteiger partial charge on any atom is -0.215 e. The van der Waals surface area contributed by atoms with Crippen LogP contribution in [0.2, 0.25) is 0 Å². The summed E-state index contributed by atoms with van der Waals surface area (Å²) in [6, 6.07) is 8.09. The van der Waals surface area contributed by atoms with Crippen molar-refractivity contribution in [2.75, 3.05) is 18.2 Å². The predicted molar refractivity (Wildman–Crippen MR) is 76.6 cm³/mol. The maximum Gasteiger partial charge on any atom is 0.211 e. The average Bonchev–Trinajstić information content (AvgIpc) is 2.29. The summed E-state index contributed by atoms with van der Waals surface area (Å²) in [5, 5.41) is 0. The lowest BCUT2D eigenvalue weighted by Crippen LogP contribution is -2.28. The SMILES string of the molecule is Cc1cccc(CCNS(=O)(=O)CCCCCl)c1. The van der Waals surface area contributed by atoms with Crippen molar-refractivity contribution in [3.63, 3.8) is 0 Å². The molecule has 0 aliphatic carbocycles. The maximum atomic E-state index is 11.6. The zero-order valence-corrected chi connectivity index (χ0v) is 12.2. The summed E-state index contributed by atoms with van der Waals surface area (Å²) in [5.41, 5.74) is 2.34. The summed E-state index contributed by atoms with van der Waals surface area (Å²) in [5.74, 6) is 0.673. The number of rotatable bonds is 8. The Balaban J connectivity index is 2.32. The molecule has 1 aromatic rings. The van der Waals surface area contributed by atoms with Crippen LogP contribution in [0.5, 0.6) is 0 Å². The molecule has 1 aromatic carbocycles. The predicted octanol–water partition coefficient (Wildman–Crippen LogP) is 2.48. The molecule has 0 unspecified atom stereocenters. The molecule has 0 saturated carbocycles. The number of sulfonamides is 1. The van der Waals surface area contributed by atoms with Crippen LogP contribution in [0.3, 0.4) is 0 Å². The highest BCUT2D eigenvalue weighted by Crippen LogP contribution is 2.04. The van der Waals surface area contributed by atoms with Crippen molar-refractivity contribution >= 4 is 21.6 Å². The quantitative estimate of drug-likeness (QED) is 0.590. The molecule has 0 aliphatic heterocycles. The maximum absolute atomic E-state index is 11.6. The fourth-order valence-corrected chi connectivity index (χ4v) is 3.01. The zero-order valence-electron chi connectivity index (χ0n) is 10.7. The molecule has 0 saturated heterocycles. The first kappa shape index (κ1) is 15.5. The Labute approximate surface area is 115 Å². The first-order valence-electron chi connectivity index (χ1n) is 6.12. The number of nitrogens with one attached hydrogen (secondary N) is 1. The Morgan fingerprint density at radius 1 is 1.28 bits per heavy atom. The van der Waals surface area contributed by atoms with E-state index in [1.807, 2.05) is 25.1 Å². The topological polar surface area (TPSA) is 46.2 Å². The number of hydrogen-bond acceptors (Lipinski definition) is 2. The van der Waals surface area contributed by atoms with E-state index in [0.717, 1.165) is 18.4 Å². The summed E-state index contributed by atoms with van der Waals surface area (Å²) < 4.78 is 25.8. The van der Waals surface area contributed by atoms with Crippen LogP contribution in [0.25, 0.3) is 0 Å². The van der Waals surface area contributed by atoms with Gasteiger partial charge in [-0.3, -0.25) is 0 Å². The van der Waals surface area contributed by atoms with Gasteiger partial charge in [0.15, 0.2) is 0 Å². The van der Waals surface area contributed by atoms with Crippen LogP contribution in [0.4, 0.5) is 0 Å². The molecule has 18 heavy (non-hydrogen) atoms. The van der Waals surface area contributed by atoms with E-state index in [4.69, 9.17) is 11.6 Å². The van der Waals surface area contributed by atoms with Gasteiger partial charge in [0.2, 0.25) is 10.0 Å². The van der Waals surface area contributed by atoms with Crippen molar-refractivity contribution in [1.82, 2.24) is 4.72 Å². The van der Waals surface area contributed by atoms with Gasteiger partial charge in [0, 0.05) is 12.4 Å². The van der Waals surface area contributed by atoms with Crippen molar-refractivity contribution in [1.29, 1.82) is 0 Å². The van der Waals surface area contributed by atoms with Gasteiger partial charge in [-0.2, -0.15) is 0 Å². The monoisotopic (exact) mass is 289 g/mol. The van der Waals surface area contributed by atoms with Gasteiger partial charge in [0.1, 0.15) is 0 Å². The van der Waals surface area contributed by atoms with E-state index in [9.17, 15) is 8.42 Å². The number of aryl methyl sites for hydroxylation is 1. The van der Waals surface area contributed by atoms with E-state index in [2.05, 4.69) is 10.8 Å². The van der Waals surface area contributed by atoms with Gasteiger partial charge in [-0.05, 0) is 31.7 Å². The second-order valence-corrected chi connectivity index (χ2v) is 6.65. The third kappa shape index (κ3) is 6.38. The van der Waals surface area contributed by atoms with E-state index in [-0.39, 0.29) is 5.75 Å². The molecule has 1 rings (SSSR count). The van der Waals surface area contributed by atoms with E-state index in [0.29, 0.717) is 18.8 Å². The number of unbranched alkanes of at least 4 members (excludes halogenated alkanes) is 1. The average molecular weight is 290 g/mol. The molecule has 5 heteroatoms. The lowest BCUT2D eigenvalue weighted by atomic mass is 10.1. The smallest absolute Gasteiger partial charge is 0.211 e. The standard InChI is InChI=1S/C13H20ClNO2S/c1-12-5-4-6-13(11-12)7-9-15-18(16,17)10-3-2-8-14/h4-6,11,15H,2-3,7-10H2,1H3. The van der Waals surface area contributed by atoms with E-state index >= 15 is 0 Å². The van der Waals surface area contributed by atoms with Crippen molar-refractivity contribution in [2.24, 2.45) is 0 Å². The van der Waals surface area contributed by atoms with E-state index in [1.54, 1.807) is 0 Å². The second-order valence-electron chi connectivity index (χ2n) is 4.35. The Morgan fingerprint density at radius 2 is 2.06 bits per heavy atom. The molecule has 1 N–H and O–H groups in total. The van der Waals surface area contributed by atoms with Crippen molar-refractivity contribution < 1.29 is 8.42 Å². The van der Waals surface area contributed by atoms with Gasteiger partial charge in [0.25, 0.3) is 0 Å². The molecule has 3 nitrogen and oxygen atoms in total. The molecule has 0 radical (unpaired) electrons. The number of benzene rings is 1. The van der Waals surface area contributed by atoms with Gasteiger partial charge >= 0.3 is 0 Å². The van der Waals surface area contributed by atoms with Gasteiger partial charge in [0.05, 0.1) is 5.75 Å². The molecule has 0 bridgehead atoms. The molecule has 0 atom stereocenters. The minimum atomic E-state index is -3.14. The van der Waals surface area contributed by atoms with Crippen LogP contribution in [0.15, 0.2) is 24.3 Å². The highest BCUT2D eigenvalue weighted by atomic mass is 35.5. The zero-order chi connectivity index (χ0) is 13.4. The lowest BCUT2D eigenvalue weighted by Gasteiger charge is -2.06. The number of halogens is 1. The minimum absolute atomic E-state index is 0.160. The molecule has 0 spiro atoms. The van der Waals surface area contributed by atoms with Crippen molar-refractivity contribution in [2.45, 2.75) is 26.2 Å². The molecule has 0 aliphatic rings. The summed E-state index contributed by atoms with van der Waals surface area (Å²) >= 11 is 5.51. The Kier molecular flexibility index (Phi) is 6.68. The van der Waals surface area contributed by atoms with Gasteiger partial charge in [-0.1, -0.05) is 29.8 Å². The normalized spacial score (nSPS) is 11.7. The first-order valence-corrected chi connectivity index (χ1v) is 8.31. The molecule has 0 heterocycles. The summed E-state index contributed by atoms with van der Waals surface area (Å²) in [6.07, 6.45) is 2.07. The summed E-state index contributed by atoms with van der Waals surface area (Å²) in [6.45, 7) is 2.48. The number of hydrogen-bond donors (Lipinski definition) is 1. The van der Waals surface area contributed by atoms with Crippen LogP contribution in [-0.2, 0) is 16.4 Å². The number of alkyl halides is 1.